The molecule has 6 heteroatoms. The molecule has 0 amide bonds. The van der Waals surface area contributed by atoms with Crippen molar-refractivity contribution in [1.29, 1.82) is 0 Å². The highest BCUT2D eigenvalue weighted by molar-refractivity contribution is 14.1. The summed E-state index contributed by atoms with van der Waals surface area (Å²) >= 11 is 9.94. The van der Waals surface area contributed by atoms with Gasteiger partial charge in [0.15, 0.2) is 4.96 Å². The number of rotatable bonds is 3. The fraction of sp³-hybridized carbons (Fsp3) is 0.154. The molecule has 0 aliphatic carbocycles. The zero-order chi connectivity index (χ0) is 13.4. The van der Waals surface area contributed by atoms with E-state index in [2.05, 4.69) is 27.6 Å². The van der Waals surface area contributed by atoms with E-state index in [1.54, 1.807) is 11.3 Å². The third-order valence-corrected chi connectivity index (χ3v) is 4.92. The fourth-order valence-corrected chi connectivity index (χ4v) is 3.64. The van der Waals surface area contributed by atoms with Crippen molar-refractivity contribution in [3.05, 3.63) is 55.8 Å². The molecular weight excluding hydrogens is 393 g/mol. The van der Waals surface area contributed by atoms with E-state index in [9.17, 15) is 0 Å². The summed E-state index contributed by atoms with van der Waals surface area (Å²) in [6, 6.07) is 5.72. The number of hydrogen-bond donors (Lipinski definition) is 1. The molecule has 0 aliphatic rings. The number of imidazole rings is 1. The lowest BCUT2D eigenvalue weighted by Crippen LogP contribution is -2.15. The van der Waals surface area contributed by atoms with Gasteiger partial charge in [0.1, 0.15) is 0 Å². The van der Waals surface area contributed by atoms with E-state index < -0.39 is 0 Å². The number of aromatic nitrogens is 2. The molecule has 0 bridgehead atoms. The van der Waals surface area contributed by atoms with Gasteiger partial charge in [-0.05, 0) is 46.4 Å². The summed E-state index contributed by atoms with van der Waals surface area (Å²) < 4.78 is 3.16. The lowest BCUT2D eigenvalue weighted by molar-refractivity contribution is 0.706. The third kappa shape index (κ3) is 2.79. The van der Waals surface area contributed by atoms with Gasteiger partial charge in [-0.2, -0.15) is 0 Å². The van der Waals surface area contributed by atoms with Crippen LogP contribution in [0.1, 0.15) is 17.3 Å². The van der Waals surface area contributed by atoms with Gasteiger partial charge in [0, 0.05) is 38.8 Å². The number of halogens is 2. The summed E-state index contributed by atoms with van der Waals surface area (Å²) in [5, 5.41) is 2.74. The van der Waals surface area contributed by atoms with Crippen molar-refractivity contribution < 1.29 is 0 Å². The molecule has 1 aromatic carbocycles. The van der Waals surface area contributed by atoms with E-state index in [0.717, 1.165) is 24.8 Å². The first kappa shape index (κ1) is 13.4. The average molecular weight is 404 g/mol. The van der Waals surface area contributed by atoms with Gasteiger partial charge in [-0.1, -0.05) is 11.6 Å². The Morgan fingerprint density at radius 1 is 1.47 bits per heavy atom. The van der Waals surface area contributed by atoms with Crippen molar-refractivity contribution in [1.82, 2.24) is 9.38 Å². The van der Waals surface area contributed by atoms with Gasteiger partial charge < -0.3 is 5.73 Å². The Kier molecular flexibility index (Phi) is 3.79. The van der Waals surface area contributed by atoms with E-state index in [1.807, 2.05) is 40.4 Å². The van der Waals surface area contributed by atoms with Crippen LogP contribution in [0.4, 0.5) is 0 Å². The second-order valence-electron chi connectivity index (χ2n) is 4.30. The number of nitrogens with two attached hydrogens (primary N) is 1. The summed E-state index contributed by atoms with van der Waals surface area (Å²) in [4.78, 5) is 5.56. The SMILES string of the molecule is NC(Cc1cn2ccsc2n1)c1cc(Cl)ccc1I. The molecule has 0 fully saturated rings. The molecule has 3 rings (SSSR count). The van der Waals surface area contributed by atoms with E-state index in [4.69, 9.17) is 17.3 Å². The molecule has 2 heterocycles. The maximum atomic E-state index is 6.28. The van der Waals surface area contributed by atoms with Crippen LogP contribution in [0.3, 0.4) is 0 Å². The van der Waals surface area contributed by atoms with Gasteiger partial charge in [-0.15, -0.1) is 11.3 Å². The molecule has 3 nitrogen and oxygen atoms in total. The molecule has 2 N–H and O–H groups in total. The molecule has 0 aliphatic heterocycles. The van der Waals surface area contributed by atoms with Crippen LogP contribution in [0.15, 0.2) is 36.0 Å². The lowest BCUT2D eigenvalue weighted by Gasteiger charge is -2.13. The second kappa shape index (κ2) is 5.40. The predicted molar refractivity (Wildman–Crippen MR) is 87.9 cm³/mol. The van der Waals surface area contributed by atoms with Crippen molar-refractivity contribution >= 4 is 50.5 Å². The first-order valence-electron chi connectivity index (χ1n) is 5.75. The van der Waals surface area contributed by atoms with E-state index in [0.29, 0.717) is 6.42 Å². The summed E-state index contributed by atoms with van der Waals surface area (Å²) in [5.41, 5.74) is 8.36. The summed E-state index contributed by atoms with van der Waals surface area (Å²) in [6.45, 7) is 0. The quantitative estimate of drug-likeness (QED) is 0.674. The zero-order valence-corrected chi connectivity index (χ0v) is 13.6. The number of benzene rings is 1. The van der Waals surface area contributed by atoms with Gasteiger partial charge in [0.2, 0.25) is 0 Å². The average Bonchev–Trinajstić information content (AvgIpc) is 2.92. The molecule has 2 aromatic heterocycles. The molecule has 1 unspecified atom stereocenters. The summed E-state index contributed by atoms with van der Waals surface area (Å²) in [6.07, 6.45) is 4.75. The van der Waals surface area contributed by atoms with Crippen LogP contribution >= 0.6 is 45.5 Å². The van der Waals surface area contributed by atoms with Crippen molar-refractivity contribution in [2.24, 2.45) is 5.73 Å². The number of fused-ring (bicyclic) bond motifs is 1. The van der Waals surface area contributed by atoms with Crippen LogP contribution in [0.2, 0.25) is 5.02 Å². The monoisotopic (exact) mass is 403 g/mol. The van der Waals surface area contributed by atoms with Crippen molar-refractivity contribution in [3.8, 4) is 0 Å². The normalized spacial score (nSPS) is 13.0. The van der Waals surface area contributed by atoms with Crippen LogP contribution < -0.4 is 5.73 Å². The van der Waals surface area contributed by atoms with E-state index in [1.165, 1.54) is 0 Å². The van der Waals surface area contributed by atoms with Gasteiger partial charge >= 0.3 is 0 Å². The Bertz CT molecular complexity index is 693. The molecule has 19 heavy (non-hydrogen) atoms. The molecule has 98 valence electrons. The Morgan fingerprint density at radius 3 is 3.11 bits per heavy atom. The molecule has 0 saturated carbocycles. The minimum Gasteiger partial charge on any atom is -0.324 e. The molecule has 3 aromatic rings. The van der Waals surface area contributed by atoms with E-state index in [-0.39, 0.29) is 6.04 Å². The maximum absolute atomic E-state index is 6.28. The predicted octanol–water partition coefficient (Wildman–Crippen LogP) is 3.90. The van der Waals surface area contributed by atoms with Gasteiger partial charge in [0.05, 0.1) is 5.69 Å². The van der Waals surface area contributed by atoms with Crippen LogP contribution in [0.5, 0.6) is 0 Å². The highest BCUT2D eigenvalue weighted by Crippen LogP contribution is 2.25. The number of hydrogen-bond acceptors (Lipinski definition) is 3. The molecule has 0 saturated heterocycles. The highest BCUT2D eigenvalue weighted by Gasteiger charge is 2.13. The summed E-state index contributed by atoms with van der Waals surface area (Å²) in [5.74, 6) is 0. The van der Waals surface area contributed by atoms with Crippen molar-refractivity contribution in [2.45, 2.75) is 12.5 Å². The maximum Gasteiger partial charge on any atom is 0.193 e. The Labute approximate surface area is 133 Å². The third-order valence-electron chi connectivity index (χ3n) is 2.93. The largest absolute Gasteiger partial charge is 0.324 e. The fourth-order valence-electron chi connectivity index (χ4n) is 2.01. The lowest BCUT2D eigenvalue weighted by atomic mass is 10.0. The Balaban J connectivity index is 1.86. The van der Waals surface area contributed by atoms with Crippen LogP contribution in [0.25, 0.3) is 4.96 Å². The van der Waals surface area contributed by atoms with E-state index >= 15 is 0 Å². The first-order valence-corrected chi connectivity index (χ1v) is 8.09. The molecular formula is C13H11ClIN3S. The topological polar surface area (TPSA) is 43.3 Å². The molecule has 0 radical (unpaired) electrons. The highest BCUT2D eigenvalue weighted by atomic mass is 127. The van der Waals surface area contributed by atoms with Gasteiger partial charge in [0.25, 0.3) is 0 Å². The van der Waals surface area contributed by atoms with Crippen LogP contribution in [0, 0.1) is 3.57 Å². The number of nitrogens with zero attached hydrogens (tertiary/aromatic N) is 2. The minimum absolute atomic E-state index is 0.0878. The van der Waals surface area contributed by atoms with Crippen LogP contribution in [-0.2, 0) is 6.42 Å². The number of thiazole rings is 1. The standard InChI is InChI=1S/C13H11ClIN3S/c14-8-1-2-11(15)10(5-8)12(16)6-9-7-18-3-4-19-13(18)17-9/h1-5,7,12H,6,16H2. The Hall–Kier alpha value is -0.630. The van der Waals surface area contributed by atoms with Gasteiger partial charge in [-0.3, -0.25) is 4.40 Å². The zero-order valence-electron chi connectivity index (χ0n) is 9.88. The minimum atomic E-state index is -0.0878. The van der Waals surface area contributed by atoms with Gasteiger partial charge in [-0.25, -0.2) is 4.98 Å². The smallest absolute Gasteiger partial charge is 0.193 e. The molecule has 0 spiro atoms. The van der Waals surface area contributed by atoms with Crippen molar-refractivity contribution in [3.63, 3.8) is 0 Å². The summed E-state index contributed by atoms with van der Waals surface area (Å²) in [7, 11) is 0. The second-order valence-corrected chi connectivity index (χ2v) is 6.77. The molecule has 1 atom stereocenters. The van der Waals surface area contributed by atoms with Crippen LogP contribution in [-0.4, -0.2) is 9.38 Å². The van der Waals surface area contributed by atoms with Crippen molar-refractivity contribution in [2.75, 3.05) is 0 Å². The Morgan fingerprint density at radius 2 is 2.32 bits per heavy atom. The first-order chi connectivity index (χ1) is 9.13.